The van der Waals surface area contributed by atoms with Gasteiger partial charge in [0, 0.05) is 29.0 Å². The summed E-state index contributed by atoms with van der Waals surface area (Å²) >= 11 is 0. The summed E-state index contributed by atoms with van der Waals surface area (Å²) in [4.78, 5) is 4.22. The Morgan fingerprint density at radius 3 is 3.04 bits per heavy atom. The average Bonchev–Trinajstić information content (AvgIpc) is 3.31. The summed E-state index contributed by atoms with van der Waals surface area (Å²) in [6.45, 7) is 0. The molecule has 2 aromatic heterocycles. The number of fused-ring (bicyclic) bond motifs is 4. The van der Waals surface area contributed by atoms with E-state index < -0.39 is 11.9 Å². The van der Waals surface area contributed by atoms with Crippen molar-refractivity contribution < 1.29 is 13.9 Å². The highest BCUT2D eigenvalue weighted by atomic mass is 19.1. The van der Waals surface area contributed by atoms with E-state index in [0.717, 1.165) is 22.2 Å². The third-order valence-corrected chi connectivity index (χ3v) is 4.97. The second-order valence-electron chi connectivity index (χ2n) is 6.37. The Morgan fingerprint density at radius 1 is 1.24 bits per heavy atom. The molecule has 1 N–H and O–H groups in total. The third-order valence-electron chi connectivity index (χ3n) is 4.97. The van der Waals surface area contributed by atoms with Crippen LogP contribution in [0.3, 0.4) is 0 Å². The topological polar surface area (TPSA) is 51.2 Å². The third kappa shape index (κ3) is 2.13. The summed E-state index contributed by atoms with van der Waals surface area (Å²) in [5.41, 5.74) is 4.04. The van der Waals surface area contributed by atoms with Gasteiger partial charge in [-0.1, -0.05) is 24.3 Å². The van der Waals surface area contributed by atoms with Crippen molar-refractivity contribution >= 4 is 11.0 Å². The lowest BCUT2D eigenvalue weighted by molar-refractivity contribution is 0.149. The molecule has 2 atom stereocenters. The van der Waals surface area contributed by atoms with Gasteiger partial charge >= 0.3 is 0 Å². The number of aliphatic hydroxyl groups is 1. The maximum atomic E-state index is 14.4. The summed E-state index contributed by atoms with van der Waals surface area (Å²) in [6.07, 6.45) is 4.56. The number of hydrogen-bond donors (Lipinski definition) is 1. The second-order valence-corrected chi connectivity index (χ2v) is 6.37. The van der Waals surface area contributed by atoms with Crippen LogP contribution in [-0.2, 0) is 0 Å². The lowest BCUT2D eigenvalue weighted by Crippen LogP contribution is -2.11. The van der Waals surface area contributed by atoms with E-state index in [4.69, 9.17) is 4.42 Å². The maximum Gasteiger partial charge on any atom is 0.136 e. The summed E-state index contributed by atoms with van der Waals surface area (Å²) in [5.74, 6) is -0.452. The normalized spacial score (nSPS) is 16.8. The molecule has 0 saturated heterocycles. The van der Waals surface area contributed by atoms with Gasteiger partial charge in [-0.2, -0.15) is 0 Å². The molecule has 5 heteroatoms. The first kappa shape index (κ1) is 14.4. The molecular weight excluding hydrogens is 319 g/mol. The Bertz CT molecular complexity index is 1080. The van der Waals surface area contributed by atoms with Gasteiger partial charge in [0.1, 0.15) is 11.4 Å². The van der Waals surface area contributed by atoms with Crippen molar-refractivity contribution in [1.82, 2.24) is 9.55 Å². The highest BCUT2D eigenvalue weighted by Gasteiger charge is 2.30. The molecule has 0 aliphatic carbocycles. The fourth-order valence-corrected chi connectivity index (χ4v) is 3.77. The van der Waals surface area contributed by atoms with Crippen LogP contribution in [0, 0.1) is 5.82 Å². The predicted octanol–water partition coefficient (Wildman–Crippen LogP) is 4.46. The molecule has 1 aliphatic heterocycles. The molecular formula is C20H15FN2O2. The summed E-state index contributed by atoms with van der Waals surface area (Å²) < 4.78 is 21.7. The molecule has 0 bridgehead atoms. The van der Waals surface area contributed by atoms with Crippen LogP contribution in [0.4, 0.5) is 4.39 Å². The molecule has 4 nitrogen and oxygen atoms in total. The first-order valence-corrected chi connectivity index (χ1v) is 8.18. The number of rotatable bonds is 3. The lowest BCUT2D eigenvalue weighted by Gasteiger charge is -2.19. The Morgan fingerprint density at radius 2 is 2.12 bits per heavy atom. The fraction of sp³-hybridized carbons (Fsp3) is 0.150. The molecule has 124 valence electrons. The molecule has 0 saturated carbocycles. The van der Waals surface area contributed by atoms with Gasteiger partial charge in [0.05, 0.1) is 36.6 Å². The number of furan rings is 1. The van der Waals surface area contributed by atoms with E-state index in [9.17, 15) is 9.50 Å². The van der Waals surface area contributed by atoms with Crippen LogP contribution < -0.4 is 0 Å². The summed E-state index contributed by atoms with van der Waals surface area (Å²) in [5, 5.41) is 11.5. The predicted molar refractivity (Wildman–Crippen MR) is 91.6 cm³/mol. The number of hydrogen-bond acceptors (Lipinski definition) is 3. The van der Waals surface area contributed by atoms with Crippen molar-refractivity contribution in [3.05, 3.63) is 78.2 Å². The highest BCUT2D eigenvalue weighted by molar-refractivity contribution is 5.78. The van der Waals surface area contributed by atoms with Crippen molar-refractivity contribution in [2.45, 2.75) is 18.6 Å². The van der Waals surface area contributed by atoms with Crippen LogP contribution in [0.5, 0.6) is 0 Å². The van der Waals surface area contributed by atoms with Crippen LogP contribution in [0.2, 0.25) is 0 Å². The molecule has 0 radical (unpaired) electrons. The van der Waals surface area contributed by atoms with Crippen LogP contribution >= 0.6 is 0 Å². The number of aromatic nitrogens is 2. The quantitative estimate of drug-likeness (QED) is 0.602. The number of nitrogens with zero attached hydrogens (tertiary/aromatic N) is 2. The van der Waals surface area contributed by atoms with Crippen molar-refractivity contribution in [1.29, 1.82) is 0 Å². The van der Waals surface area contributed by atoms with E-state index in [1.165, 1.54) is 12.3 Å². The molecule has 0 amide bonds. The Balaban J connectivity index is 1.53. The van der Waals surface area contributed by atoms with E-state index in [1.807, 2.05) is 29.0 Å². The molecule has 0 unspecified atom stereocenters. The molecule has 5 rings (SSSR count). The number of aliphatic hydroxyl groups excluding tert-OH is 1. The highest BCUT2D eigenvalue weighted by Crippen LogP contribution is 2.43. The smallest absolute Gasteiger partial charge is 0.136 e. The van der Waals surface area contributed by atoms with Crippen LogP contribution in [0.15, 0.2) is 65.7 Å². The van der Waals surface area contributed by atoms with Crippen molar-refractivity contribution in [2.24, 2.45) is 0 Å². The van der Waals surface area contributed by atoms with Crippen LogP contribution in [0.1, 0.15) is 29.7 Å². The van der Waals surface area contributed by atoms with Gasteiger partial charge in [-0.3, -0.25) is 0 Å². The fourth-order valence-electron chi connectivity index (χ4n) is 3.77. The van der Waals surface area contributed by atoms with Gasteiger partial charge in [-0.05, 0) is 17.7 Å². The molecule has 1 aliphatic rings. The Labute approximate surface area is 143 Å². The number of halogens is 1. The Hall–Kier alpha value is -2.92. The molecule has 0 spiro atoms. The van der Waals surface area contributed by atoms with Gasteiger partial charge in [-0.25, -0.2) is 9.37 Å². The van der Waals surface area contributed by atoms with Crippen LogP contribution in [-0.4, -0.2) is 14.7 Å². The van der Waals surface area contributed by atoms with Gasteiger partial charge in [-0.15, -0.1) is 0 Å². The minimum absolute atomic E-state index is 0.0665. The van der Waals surface area contributed by atoms with E-state index >= 15 is 0 Å². The first-order chi connectivity index (χ1) is 12.2. The zero-order valence-electron chi connectivity index (χ0n) is 13.3. The average molecular weight is 334 g/mol. The monoisotopic (exact) mass is 334 g/mol. The number of benzene rings is 2. The molecule has 3 heterocycles. The van der Waals surface area contributed by atoms with Crippen molar-refractivity contribution in [3.63, 3.8) is 0 Å². The van der Waals surface area contributed by atoms with Crippen molar-refractivity contribution in [3.8, 4) is 11.3 Å². The summed E-state index contributed by atoms with van der Waals surface area (Å²) in [6, 6.07) is 12.8. The zero-order chi connectivity index (χ0) is 17.0. The van der Waals surface area contributed by atoms with Gasteiger partial charge < -0.3 is 14.1 Å². The molecule has 25 heavy (non-hydrogen) atoms. The minimum atomic E-state index is -0.925. The standard InChI is InChI=1S/C20H15FN2O2/c21-16-8-20-12(5-6-25-20)7-15(16)19(24)9-17-13-3-1-2-4-14(13)18-10-22-11-23(17)18/h1-8,10-11,17,19,24H,9H2/t17-,19-/m0/s1. The second kappa shape index (κ2) is 5.29. The minimum Gasteiger partial charge on any atom is -0.464 e. The van der Waals surface area contributed by atoms with E-state index in [-0.39, 0.29) is 6.04 Å². The largest absolute Gasteiger partial charge is 0.464 e. The molecule has 4 aromatic rings. The van der Waals surface area contributed by atoms with E-state index in [2.05, 4.69) is 11.1 Å². The van der Waals surface area contributed by atoms with Gasteiger partial charge in [0.25, 0.3) is 0 Å². The SMILES string of the molecule is O[C@@H](C[C@H]1c2ccccc2-c2cncn21)c1cc2ccoc2cc1F. The van der Waals surface area contributed by atoms with E-state index in [0.29, 0.717) is 17.6 Å². The van der Waals surface area contributed by atoms with E-state index in [1.54, 1.807) is 18.5 Å². The van der Waals surface area contributed by atoms with Gasteiger partial charge in [0.15, 0.2) is 0 Å². The maximum absolute atomic E-state index is 14.4. The summed E-state index contributed by atoms with van der Waals surface area (Å²) in [7, 11) is 0. The van der Waals surface area contributed by atoms with Gasteiger partial charge in [0.2, 0.25) is 0 Å². The van der Waals surface area contributed by atoms with Crippen molar-refractivity contribution in [2.75, 3.05) is 0 Å². The zero-order valence-corrected chi connectivity index (χ0v) is 13.3. The lowest BCUT2D eigenvalue weighted by atomic mass is 9.95. The molecule has 2 aromatic carbocycles. The van der Waals surface area contributed by atoms with Crippen LogP contribution in [0.25, 0.3) is 22.2 Å². The molecule has 0 fully saturated rings. The first-order valence-electron chi connectivity index (χ1n) is 8.18. The Kier molecular flexibility index (Phi) is 3.05. The number of imidazole rings is 1.